The molecule has 1 aliphatic heterocycles. The second-order valence-electron chi connectivity index (χ2n) is 9.37. The van der Waals surface area contributed by atoms with Gasteiger partial charge in [0.05, 0.1) is 18.1 Å². The zero-order chi connectivity index (χ0) is 28.8. The van der Waals surface area contributed by atoms with E-state index in [1.165, 1.54) is 0 Å². The number of hydrogen-bond donors (Lipinski definition) is 1. The molecule has 0 spiro atoms. The second-order valence-corrected chi connectivity index (χ2v) is 9.81. The van der Waals surface area contributed by atoms with Gasteiger partial charge in [0, 0.05) is 16.7 Å². The summed E-state index contributed by atoms with van der Waals surface area (Å²) in [7, 11) is 0. The van der Waals surface area contributed by atoms with Gasteiger partial charge in [0.2, 0.25) is 5.88 Å². The summed E-state index contributed by atoms with van der Waals surface area (Å²) in [6, 6.07) is 29.0. The van der Waals surface area contributed by atoms with Crippen molar-refractivity contribution in [2.24, 2.45) is 5.73 Å². The fourth-order valence-corrected chi connectivity index (χ4v) is 4.57. The van der Waals surface area contributed by atoms with Gasteiger partial charge in [-0.3, -0.25) is 0 Å². The van der Waals surface area contributed by atoms with E-state index in [2.05, 4.69) is 6.07 Å². The molecule has 0 amide bonds. The van der Waals surface area contributed by atoms with Crippen LogP contribution in [0.2, 0.25) is 5.02 Å². The maximum atomic E-state index is 12.8. The van der Waals surface area contributed by atoms with E-state index in [0.29, 0.717) is 46.6 Å². The van der Waals surface area contributed by atoms with Gasteiger partial charge in [-0.1, -0.05) is 54.9 Å². The van der Waals surface area contributed by atoms with E-state index in [4.69, 9.17) is 36.3 Å². The summed E-state index contributed by atoms with van der Waals surface area (Å²) < 4.78 is 22.9. The molecule has 5 rings (SSSR count). The highest BCUT2D eigenvalue weighted by molar-refractivity contribution is 6.30. The number of benzene rings is 4. The van der Waals surface area contributed by atoms with E-state index >= 15 is 0 Å². The summed E-state index contributed by atoms with van der Waals surface area (Å²) in [6.07, 6.45) is 0.859. The van der Waals surface area contributed by atoms with Gasteiger partial charge in [0.1, 0.15) is 41.2 Å². The molecule has 4 aromatic carbocycles. The van der Waals surface area contributed by atoms with Crippen LogP contribution in [0.1, 0.15) is 46.3 Å². The summed E-state index contributed by atoms with van der Waals surface area (Å²) in [4.78, 5) is 12.8. The number of rotatable bonds is 9. The van der Waals surface area contributed by atoms with Crippen LogP contribution in [-0.2, 0) is 6.61 Å². The molecule has 0 aliphatic carbocycles. The van der Waals surface area contributed by atoms with Gasteiger partial charge in [0.25, 0.3) is 0 Å². The lowest BCUT2D eigenvalue weighted by Crippen LogP contribution is -2.21. The van der Waals surface area contributed by atoms with Crippen molar-refractivity contribution in [3.05, 3.63) is 130 Å². The van der Waals surface area contributed by atoms with E-state index in [1.54, 1.807) is 42.5 Å². The van der Waals surface area contributed by atoms with E-state index in [1.807, 2.05) is 55.5 Å². The lowest BCUT2D eigenvalue weighted by molar-refractivity contribution is 0.0734. The van der Waals surface area contributed by atoms with Gasteiger partial charge in [-0.05, 0) is 66.1 Å². The lowest BCUT2D eigenvalue weighted by atomic mass is 9.83. The van der Waals surface area contributed by atoms with Crippen LogP contribution in [0.3, 0.4) is 0 Å². The minimum atomic E-state index is -0.533. The molecule has 0 saturated heterocycles. The van der Waals surface area contributed by atoms with Crippen LogP contribution in [0.15, 0.2) is 102 Å². The Labute approximate surface area is 243 Å². The molecule has 0 aromatic heterocycles. The first-order chi connectivity index (χ1) is 19.9. The minimum absolute atomic E-state index is 0.00249. The Morgan fingerprint density at radius 2 is 1.71 bits per heavy atom. The number of carbonyl (C=O) groups is 1. The highest BCUT2D eigenvalue weighted by Crippen LogP contribution is 2.43. The molecule has 2 N–H and O–H groups in total. The molecule has 1 unspecified atom stereocenters. The van der Waals surface area contributed by atoms with Crippen molar-refractivity contribution in [2.45, 2.75) is 25.9 Å². The number of hydrogen-bond acceptors (Lipinski definition) is 7. The molecule has 4 aromatic rings. The van der Waals surface area contributed by atoms with Crippen molar-refractivity contribution in [2.75, 3.05) is 6.61 Å². The standard InChI is InChI=1S/C33H27ClN2O5/c1-2-16-38-26-5-3-4-23(17-26)33(37)40-27-14-15-28-30(18-27)41-32(36)29(19-35)31(28)22-8-12-25(13-9-22)39-20-21-6-10-24(34)11-7-21/h3-15,17-18,31H,2,16,20,36H2,1H3. The topological polar surface area (TPSA) is 104 Å². The van der Waals surface area contributed by atoms with Crippen LogP contribution >= 0.6 is 11.6 Å². The van der Waals surface area contributed by atoms with Crippen molar-refractivity contribution in [1.82, 2.24) is 0 Å². The van der Waals surface area contributed by atoms with Gasteiger partial charge < -0.3 is 24.7 Å². The van der Waals surface area contributed by atoms with Gasteiger partial charge in [-0.15, -0.1) is 0 Å². The Kier molecular flexibility index (Phi) is 8.42. The predicted octanol–water partition coefficient (Wildman–Crippen LogP) is 7.15. The molecule has 41 heavy (non-hydrogen) atoms. The average Bonchev–Trinajstić information content (AvgIpc) is 2.99. The molecule has 8 heteroatoms. The second kappa shape index (κ2) is 12.5. The Balaban J connectivity index is 1.34. The fourth-order valence-electron chi connectivity index (χ4n) is 4.44. The van der Waals surface area contributed by atoms with Crippen LogP contribution in [0.5, 0.6) is 23.0 Å². The molecule has 0 saturated carbocycles. The number of halogens is 1. The molecule has 206 valence electrons. The molecule has 0 fully saturated rings. The van der Waals surface area contributed by atoms with E-state index in [0.717, 1.165) is 23.1 Å². The zero-order valence-electron chi connectivity index (χ0n) is 22.3. The van der Waals surface area contributed by atoms with Gasteiger partial charge in [-0.25, -0.2) is 4.79 Å². The molecular formula is C33H27ClN2O5. The van der Waals surface area contributed by atoms with Crippen LogP contribution in [-0.4, -0.2) is 12.6 Å². The lowest BCUT2D eigenvalue weighted by Gasteiger charge is -2.26. The number of carbonyl (C=O) groups excluding carboxylic acids is 1. The molecule has 0 bridgehead atoms. The van der Waals surface area contributed by atoms with E-state index in [9.17, 15) is 10.1 Å². The number of fused-ring (bicyclic) bond motifs is 1. The molecule has 1 aliphatic rings. The normalized spacial score (nSPS) is 13.9. The first kappa shape index (κ1) is 27.6. The van der Waals surface area contributed by atoms with Crippen molar-refractivity contribution in [3.8, 4) is 29.1 Å². The quantitative estimate of drug-likeness (QED) is 0.169. The third kappa shape index (κ3) is 6.46. The summed E-state index contributed by atoms with van der Waals surface area (Å²) in [5, 5.41) is 10.6. The zero-order valence-corrected chi connectivity index (χ0v) is 23.1. The number of nitrogens with zero attached hydrogens (tertiary/aromatic N) is 1. The van der Waals surface area contributed by atoms with Crippen molar-refractivity contribution < 1.29 is 23.7 Å². The number of nitrogens with two attached hydrogens (primary N) is 1. The maximum Gasteiger partial charge on any atom is 0.343 e. The number of ether oxygens (including phenoxy) is 4. The van der Waals surface area contributed by atoms with Crippen LogP contribution in [0, 0.1) is 11.3 Å². The summed E-state index contributed by atoms with van der Waals surface area (Å²) in [5.41, 5.74) is 9.37. The van der Waals surface area contributed by atoms with Gasteiger partial charge >= 0.3 is 5.97 Å². The number of allylic oxidation sites excluding steroid dienone is 1. The number of nitriles is 1. The first-order valence-corrected chi connectivity index (χ1v) is 13.5. The van der Waals surface area contributed by atoms with Crippen LogP contribution in [0.25, 0.3) is 0 Å². The fraction of sp³-hybridized carbons (Fsp3) is 0.152. The average molecular weight is 567 g/mol. The van der Waals surface area contributed by atoms with E-state index in [-0.39, 0.29) is 11.6 Å². The van der Waals surface area contributed by atoms with E-state index < -0.39 is 11.9 Å². The molecule has 1 atom stereocenters. The van der Waals surface area contributed by atoms with Crippen molar-refractivity contribution in [3.63, 3.8) is 0 Å². The van der Waals surface area contributed by atoms with Crippen molar-refractivity contribution in [1.29, 1.82) is 5.26 Å². The van der Waals surface area contributed by atoms with Crippen LogP contribution in [0.4, 0.5) is 0 Å². The third-order valence-electron chi connectivity index (χ3n) is 6.48. The third-order valence-corrected chi connectivity index (χ3v) is 6.73. The highest BCUT2D eigenvalue weighted by atomic mass is 35.5. The minimum Gasteiger partial charge on any atom is -0.494 e. The SMILES string of the molecule is CCCOc1cccc(C(=O)Oc2ccc3c(c2)OC(N)=C(C#N)C3c2ccc(OCc3ccc(Cl)cc3)cc2)c1. The summed E-state index contributed by atoms with van der Waals surface area (Å²) >= 11 is 5.95. The molecule has 1 heterocycles. The predicted molar refractivity (Wildman–Crippen MR) is 155 cm³/mol. The smallest absolute Gasteiger partial charge is 0.343 e. The molecule has 7 nitrogen and oxygen atoms in total. The van der Waals surface area contributed by atoms with Gasteiger partial charge in [-0.2, -0.15) is 5.26 Å². The summed E-state index contributed by atoms with van der Waals surface area (Å²) in [6.45, 7) is 2.96. The monoisotopic (exact) mass is 566 g/mol. The highest BCUT2D eigenvalue weighted by Gasteiger charge is 2.31. The number of esters is 1. The van der Waals surface area contributed by atoms with Gasteiger partial charge in [0.15, 0.2) is 0 Å². The molecule has 0 radical (unpaired) electrons. The largest absolute Gasteiger partial charge is 0.494 e. The molecular weight excluding hydrogens is 540 g/mol. The Morgan fingerprint density at radius 3 is 2.44 bits per heavy atom. The Morgan fingerprint density at radius 1 is 0.951 bits per heavy atom. The summed E-state index contributed by atoms with van der Waals surface area (Å²) in [5.74, 6) is 0.962. The van der Waals surface area contributed by atoms with Crippen LogP contribution < -0.4 is 24.7 Å². The Bertz CT molecular complexity index is 1630. The first-order valence-electron chi connectivity index (χ1n) is 13.1. The maximum absolute atomic E-state index is 12.8. The Hall–Kier alpha value is -4.93. The van der Waals surface area contributed by atoms with Crippen molar-refractivity contribution >= 4 is 17.6 Å².